The molecule has 0 saturated heterocycles. The Bertz CT molecular complexity index is 2680. The summed E-state index contributed by atoms with van der Waals surface area (Å²) in [6, 6.07) is 80.0. The second-order valence-corrected chi connectivity index (χ2v) is 15.6. The van der Waals surface area contributed by atoms with Gasteiger partial charge >= 0.3 is 0 Å². The first-order chi connectivity index (χ1) is 27.8. The van der Waals surface area contributed by atoms with Crippen LogP contribution in [0.2, 0.25) is 0 Å². The van der Waals surface area contributed by atoms with Crippen molar-refractivity contribution in [2.45, 2.75) is 15.2 Å². The molecular weight excluding hydrogens is 697 g/mol. The first-order valence-corrected chi connectivity index (χ1v) is 20.0. The van der Waals surface area contributed by atoms with E-state index in [0.29, 0.717) is 0 Å². The Morgan fingerprint density at radius 1 is 0.321 bits per heavy atom. The van der Waals surface area contributed by atoms with Crippen molar-refractivity contribution in [2.75, 3.05) is 9.80 Å². The van der Waals surface area contributed by atoms with Gasteiger partial charge in [0.05, 0.1) is 5.41 Å². The molecule has 9 aromatic carbocycles. The number of nitrogens with zero attached hydrogens (tertiary/aromatic N) is 2. The van der Waals surface area contributed by atoms with Crippen LogP contribution >= 0.6 is 11.8 Å². The molecule has 11 rings (SSSR count). The summed E-state index contributed by atoms with van der Waals surface area (Å²) in [7, 11) is 0. The smallest absolute Gasteiger partial charge is 0.0743 e. The highest BCUT2D eigenvalue weighted by Gasteiger charge is 2.51. The first kappa shape index (κ1) is 32.6. The summed E-state index contributed by atoms with van der Waals surface area (Å²) < 4.78 is 0. The van der Waals surface area contributed by atoms with Gasteiger partial charge in [0.25, 0.3) is 0 Å². The summed E-state index contributed by atoms with van der Waals surface area (Å²) in [5.41, 5.74) is 13.9. The molecule has 1 aliphatic carbocycles. The molecule has 0 amide bonds. The first-order valence-electron chi connectivity index (χ1n) is 19.2. The van der Waals surface area contributed by atoms with E-state index in [1.165, 1.54) is 53.9 Å². The highest BCUT2D eigenvalue weighted by atomic mass is 32.2. The van der Waals surface area contributed by atoms with Gasteiger partial charge in [0, 0.05) is 43.9 Å². The monoisotopic (exact) mass is 732 g/mol. The highest BCUT2D eigenvalue weighted by Crippen LogP contribution is 2.64. The summed E-state index contributed by atoms with van der Waals surface area (Å²) in [5, 5.41) is 2.53. The normalized spacial score (nSPS) is 13.1. The average molecular weight is 733 g/mol. The van der Waals surface area contributed by atoms with Crippen LogP contribution in [0.4, 0.5) is 34.1 Å². The molecule has 1 aliphatic heterocycles. The van der Waals surface area contributed by atoms with Crippen LogP contribution in [0.25, 0.3) is 21.9 Å². The second kappa shape index (κ2) is 13.2. The number of hydrogen-bond donors (Lipinski definition) is 0. The molecule has 0 aromatic heterocycles. The molecule has 0 fully saturated rings. The van der Waals surface area contributed by atoms with Crippen molar-refractivity contribution < 1.29 is 0 Å². The van der Waals surface area contributed by atoms with Crippen molar-refractivity contribution in [3.05, 3.63) is 241 Å². The van der Waals surface area contributed by atoms with Crippen LogP contribution in [0.1, 0.15) is 22.3 Å². The van der Waals surface area contributed by atoms with Gasteiger partial charge in [-0.25, -0.2) is 0 Å². The Labute approximate surface area is 332 Å². The van der Waals surface area contributed by atoms with Gasteiger partial charge in [0.15, 0.2) is 0 Å². The van der Waals surface area contributed by atoms with Crippen molar-refractivity contribution in [1.82, 2.24) is 0 Å². The van der Waals surface area contributed by atoms with E-state index in [-0.39, 0.29) is 0 Å². The molecule has 0 N–H and O–H groups in total. The van der Waals surface area contributed by atoms with Gasteiger partial charge < -0.3 is 9.80 Å². The number of rotatable bonds is 6. The fraction of sp³-hybridized carbons (Fsp3) is 0.0189. The molecule has 0 bridgehead atoms. The lowest BCUT2D eigenvalue weighted by Crippen LogP contribution is -2.32. The largest absolute Gasteiger partial charge is 0.310 e. The number of hydrogen-bond acceptors (Lipinski definition) is 3. The second-order valence-electron chi connectivity index (χ2n) is 14.5. The maximum absolute atomic E-state index is 2.49. The van der Waals surface area contributed by atoms with Crippen LogP contribution in [-0.2, 0) is 5.41 Å². The lowest BCUT2D eigenvalue weighted by molar-refractivity contribution is 0.730. The molecule has 0 saturated carbocycles. The van der Waals surface area contributed by atoms with Crippen molar-refractivity contribution in [3.63, 3.8) is 0 Å². The van der Waals surface area contributed by atoms with E-state index in [1.807, 2.05) is 11.8 Å². The minimum atomic E-state index is -0.604. The third-order valence-corrected chi connectivity index (χ3v) is 12.6. The molecule has 3 heteroatoms. The molecule has 0 atom stereocenters. The minimum absolute atomic E-state index is 0.604. The highest BCUT2D eigenvalue weighted by molar-refractivity contribution is 7.99. The molecule has 9 aromatic rings. The van der Waals surface area contributed by atoms with Gasteiger partial charge in [0.2, 0.25) is 0 Å². The number of para-hydroxylation sites is 4. The van der Waals surface area contributed by atoms with Crippen molar-refractivity contribution >= 4 is 56.7 Å². The van der Waals surface area contributed by atoms with E-state index < -0.39 is 5.41 Å². The molecular formula is C53H36N2S. The molecule has 2 aliphatic rings. The van der Waals surface area contributed by atoms with Crippen LogP contribution in [-0.4, -0.2) is 0 Å². The molecule has 1 spiro atoms. The SMILES string of the molecule is c1ccc(N(c2ccccc2)c2ccc3c(c2)C2(c4ccccc4Sc4ccc5ccccc5c42)c2cc(N(c4ccccc4)c4ccccc4)ccc2-3)cc1. The van der Waals surface area contributed by atoms with E-state index in [0.717, 1.165) is 34.1 Å². The Morgan fingerprint density at radius 3 is 1.29 bits per heavy atom. The lowest BCUT2D eigenvalue weighted by atomic mass is 9.66. The van der Waals surface area contributed by atoms with E-state index in [9.17, 15) is 0 Å². The van der Waals surface area contributed by atoms with Gasteiger partial charge in [-0.15, -0.1) is 0 Å². The van der Waals surface area contributed by atoms with Gasteiger partial charge in [0.1, 0.15) is 0 Å². The third kappa shape index (κ3) is 4.98. The number of benzene rings is 9. The molecule has 0 unspecified atom stereocenters. The van der Waals surface area contributed by atoms with Crippen molar-refractivity contribution in [3.8, 4) is 11.1 Å². The standard InChI is InChI=1S/C53H36N2S/c1-5-18-38(19-6-1)54(39-20-7-2-8-21-39)42-30-32-45-46-33-31-43(55(40-22-9-3-10-23-40)41-24-11-4-12-25-41)36-49(46)53(48(45)35-42)47-27-15-16-28-50(47)56-51-34-29-37-17-13-14-26-44(37)52(51)53/h1-36H. The predicted octanol–water partition coefficient (Wildman–Crippen LogP) is 14.6. The van der Waals surface area contributed by atoms with Crippen LogP contribution in [0.3, 0.4) is 0 Å². The average Bonchev–Trinajstić information content (AvgIpc) is 3.54. The Kier molecular flexibility index (Phi) is 7.68. The van der Waals surface area contributed by atoms with E-state index in [1.54, 1.807) is 0 Å². The van der Waals surface area contributed by atoms with E-state index >= 15 is 0 Å². The van der Waals surface area contributed by atoms with E-state index in [4.69, 9.17) is 0 Å². The maximum Gasteiger partial charge on any atom is 0.0743 e. The molecule has 1 heterocycles. The summed E-state index contributed by atoms with van der Waals surface area (Å²) >= 11 is 1.90. The quantitative estimate of drug-likeness (QED) is 0.168. The Hall–Kier alpha value is -6.81. The fourth-order valence-electron chi connectivity index (χ4n) is 9.18. The Balaban J connectivity index is 1.25. The van der Waals surface area contributed by atoms with Crippen LogP contribution in [0, 0.1) is 0 Å². The lowest BCUT2D eigenvalue weighted by Gasteiger charge is -2.41. The summed E-state index contributed by atoms with van der Waals surface area (Å²) in [4.78, 5) is 7.36. The van der Waals surface area contributed by atoms with Crippen molar-refractivity contribution in [2.24, 2.45) is 0 Å². The van der Waals surface area contributed by atoms with Crippen LogP contribution in [0.15, 0.2) is 228 Å². The van der Waals surface area contributed by atoms with Gasteiger partial charge in [-0.1, -0.05) is 145 Å². The summed E-state index contributed by atoms with van der Waals surface area (Å²) in [5.74, 6) is 0. The zero-order valence-electron chi connectivity index (χ0n) is 30.6. The summed E-state index contributed by atoms with van der Waals surface area (Å²) in [6.45, 7) is 0. The number of anilines is 6. The topological polar surface area (TPSA) is 6.48 Å². The maximum atomic E-state index is 2.49. The summed E-state index contributed by atoms with van der Waals surface area (Å²) in [6.07, 6.45) is 0. The van der Waals surface area contributed by atoms with Gasteiger partial charge in [-0.2, -0.15) is 0 Å². The molecule has 0 radical (unpaired) electrons. The molecule has 2 nitrogen and oxygen atoms in total. The van der Waals surface area contributed by atoms with Gasteiger partial charge in [-0.05, 0) is 129 Å². The van der Waals surface area contributed by atoms with Crippen LogP contribution < -0.4 is 9.80 Å². The predicted molar refractivity (Wildman–Crippen MR) is 235 cm³/mol. The van der Waals surface area contributed by atoms with E-state index in [2.05, 4.69) is 228 Å². The fourth-order valence-corrected chi connectivity index (χ4v) is 10.4. The number of fused-ring (bicyclic) bond motifs is 11. The van der Waals surface area contributed by atoms with Crippen LogP contribution in [0.5, 0.6) is 0 Å². The zero-order valence-corrected chi connectivity index (χ0v) is 31.4. The Morgan fingerprint density at radius 2 is 0.768 bits per heavy atom. The zero-order chi connectivity index (χ0) is 37.1. The van der Waals surface area contributed by atoms with Gasteiger partial charge in [-0.3, -0.25) is 0 Å². The third-order valence-electron chi connectivity index (χ3n) is 11.5. The molecule has 264 valence electrons. The van der Waals surface area contributed by atoms with Crippen molar-refractivity contribution in [1.29, 1.82) is 0 Å². The minimum Gasteiger partial charge on any atom is -0.310 e. The molecule has 56 heavy (non-hydrogen) atoms.